The summed E-state index contributed by atoms with van der Waals surface area (Å²) in [6.07, 6.45) is 3.35. The molecule has 0 saturated heterocycles. The van der Waals surface area contributed by atoms with Crippen molar-refractivity contribution in [3.63, 3.8) is 0 Å². The maximum absolute atomic E-state index is 12.5. The second-order valence-corrected chi connectivity index (χ2v) is 5.92. The Labute approximate surface area is 125 Å². The quantitative estimate of drug-likeness (QED) is 0.734. The first-order valence-electron chi connectivity index (χ1n) is 6.56. The van der Waals surface area contributed by atoms with E-state index in [1.165, 1.54) is 11.3 Å². The van der Waals surface area contributed by atoms with E-state index in [4.69, 9.17) is 4.74 Å². The summed E-state index contributed by atoms with van der Waals surface area (Å²) in [4.78, 5) is 24.2. The first-order chi connectivity index (χ1) is 10.1. The van der Waals surface area contributed by atoms with Crippen molar-refractivity contribution < 1.29 is 4.74 Å². The summed E-state index contributed by atoms with van der Waals surface area (Å²) in [5, 5.41) is 0.943. The summed E-state index contributed by atoms with van der Waals surface area (Å²) >= 11 is 1.39. The van der Waals surface area contributed by atoms with Crippen LogP contribution in [0.2, 0.25) is 0 Å². The van der Waals surface area contributed by atoms with Crippen molar-refractivity contribution in [3.8, 4) is 0 Å². The molecule has 21 heavy (non-hydrogen) atoms. The van der Waals surface area contributed by atoms with Gasteiger partial charge in [0, 0.05) is 27.4 Å². The van der Waals surface area contributed by atoms with E-state index in [0.29, 0.717) is 17.9 Å². The third kappa shape index (κ3) is 2.28. The van der Waals surface area contributed by atoms with Crippen LogP contribution < -0.4 is 10.5 Å². The number of aromatic nitrogens is 3. The van der Waals surface area contributed by atoms with Gasteiger partial charge in [-0.1, -0.05) is 0 Å². The third-order valence-corrected chi connectivity index (χ3v) is 4.42. The van der Waals surface area contributed by atoms with Crippen molar-refractivity contribution in [2.24, 2.45) is 0 Å². The van der Waals surface area contributed by atoms with Gasteiger partial charge in [0.25, 0.3) is 5.56 Å². The van der Waals surface area contributed by atoms with Crippen molar-refractivity contribution in [1.29, 1.82) is 0 Å². The Bertz CT molecular complexity index is 853. The van der Waals surface area contributed by atoms with Crippen molar-refractivity contribution in [1.82, 2.24) is 14.5 Å². The summed E-state index contributed by atoms with van der Waals surface area (Å²) in [5.41, 5.74) is 1.71. The van der Waals surface area contributed by atoms with Crippen LogP contribution in [0.15, 0.2) is 23.4 Å². The lowest BCUT2D eigenvalue weighted by Crippen LogP contribution is -2.21. The minimum atomic E-state index is -0.0373. The Morgan fingerprint density at radius 1 is 1.38 bits per heavy atom. The summed E-state index contributed by atoms with van der Waals surface area (Å²) < 4.78 is 7.24. The fourth-order valence-electron chi connectivity index (χ4n) is 2.29. The molecule has 0 aliphatic heterocycles. The average molecular weight is 304 g/mol. The van der Waals surface area contributed by atoms with E-state index in [1.807, 2.05) is 25.1 Å². The molecular formula is C14H16N4O2S. The predicted octanol–water partition coefficient (Wildman–Crippen LogP) is 1.72. The van der Waals surface area contributed by atoms with Crippen molar-refractivity contribution in [2.75, 3.05) is 32.7 Å². The van der Waals surface area contributed by atoms with Gasteiger partial charge in [0.1, 0.15) is 9.53 Å². The topological polar surface area (TPSA) is 60.2 Å². The Balaban J connectivity index is 2.30. The van der Waals surface area contributed by atoms with Gasteiger partial charge in [0.2, 0.25) is 0 Å². The van der Waals surface area contributed by atoms with Crippen molar-refractivity contribution in [3.05, 3.63) is 28.9 Å². The molecule has 3 rings (SSSR count). The molecule has 3 heterocycles. The molecule has 0 amide bonds. The van der Waals surface area contributed by atoms with Gasteiger partial charge in [-0.05, 0) is 6.07 Å². The molecule has 0 fully saturated rings. The fourth-order valence-corrected chi connectivity index (χ4v) is 3.36. The maximum atomic E-state index is 12.5. The lowest BCUT2D eigenvalue weighted by molar-refractivity contribution is 0.186. The standard InChI is InChI=1S/C14H16N4O2S/c1-17(2)9-4-5-15-13-10(9)11-12(21-13)14(19)18(8-16-11)6-7-20-3/h4-5,8H,6-7H2,1-3H3. The molecule has 7 heteroatoms. The van der Waals surface area contributed by atoms with Crippen molar-refractivity contribution >= 4 is 37.5 Å². The molecule has 3 aromatic heterocycles. The van der Waals surface area contributed by atoms with E-state index in [0.717, 1.165) is 21.4 Å². The summed E-state index contributed by atoms with van der Waals surface area (Å²) in [5.74, 6) is 0. The molecule has 0 spiro atoms. The van der Waals surface area contributed by atoms with Crippen LogP contribution in [-0.4, -0.2) is 42.3 Å². The lowest BCUT2D eigenvalue weighted by Gasteiger charge is -2.13. The molecule has 0 bridgehead atoms. The number of hydrogen-bond acceptors (Lipinski definition) is 6. The molecule has 6 nitrogen and oxygen atoms in total. The highest BCUT2D eigenvalue weighted by molar-refractivity contribution is 7.25. The normalized spacial score (nSPS) is 11.4. The summed E-state index contributed by atoms with van der Waals surface area (Å²) in [7, 11) is 5.56. The van der Waals surface area contributed by atoms with Crippen LogP contribution in [-0.2, 0) is 11.3 Å². The van der Waals surface area contributed by atoms with Crippen LogP contribution >= 0.6 is 11.3 Å². The van der Waals surface area contributed by atoms with E-state index in [1.54, 1.807) is 24.2 Å². The zero-order chi connectivity index (χ0) is 15.0. The van der Waals surface area contributed by atoms with Crippen molar-refractivity contribution in [2.45, 2.75) is 6.54 Å². The number of fused-ring (bicyclic) bond motifs is 3. The molecule has 0 aromatic carbocycles. The molecular weight excluding hydrogens is 288 g/mol. The van der Waals surface area contributed by atoms with Gasteiger partial charge in [-0.15, -0.1) is 11.3 Å². The summed E-state index contributed by atoms with van der Waals surface area (Å²) in [6, 6.07) is 1.94. The molecule has 0 unspecified atom stereocenters. The number of nitrogens with zero attached hydrogens (tertiary/aromatic N) is 4. The van der Waals surface area contributed by atoms with Crippen LogP contribution in [0.1, 0.15) is 0 Å². The maximum Gasteiger partial charge on any atom is 0.271 e. The Hall–Kier alpha value is -1.99. The van der Waals surface area contributed by atoms with E-state index >= 15 is 0 Å². The van der Waals surface area contributed by atoms with Crippen LogP contribution in [0.4, 0.5) is 5.69 Å². The molecule has 110 valence electrons. The Morgan fingerprint density at radius 3 is 2.90 bits per heavy atom. The molecule has 0 radical (unpaired) electrons. The van der Waals surface area contributed by atoms with Gasteiger partial charge >= 0.3 is 0 Å². The second-order valence-electron chi connectivity index (χ2n) is 4.92. The zero-order valence-corrected chi connectivity index (χ0v) is 13.0. The third-order valence-electron chi connectivity index (χ3n) is 3.34. The van der Waals surface area contributed by atoms with Gasteiger partial charge in [-0.2, -0.15) is 0 Å². The van der Waals surface area contributed by atoms with Crippen LogP contribution in [0.3, 0.4) is 0 Å². The number of thiophene rings is 1. The molecule has 3 aromatic rings. The minimum Gasteiger partial charge on any atom is -0.383 e. The number of anilines is 1. The Kier molecular flexibility index (Phi) is 3.60. The molecule has 0 N–H and O–H groups in total. The monoisotopic (exact) mass is 304 g/mol. The Morgan fingerprint density at radius 2 is 2.19 bits per heavy atom. The predicted molar refractivity (Wildman–Crippen MR) is 85.4 cm³/mol. The fraction of sp³-hybridized carbons (Fsp3) is 0.357. The van der Waals surface area contributed by atoms with E-state index in [-0.39, 0.29) is 5.56 Å². The molecule has 0 atom stereocenters. The lowest BCUT2D eigenvalue weighted by atomic mass is 10.2. The second kappa shape index (κ2) is 5.42. The smallest absolute Gasteiger partial charge is 0.271 e. The number of pyridine rings is 1. The van der Waals surface area contributed by atoms with E-state index < -0.39 is 0 Å². The first-order valence-corrected chi connectivity index (χ1v) is 7.38. The number of methoxy groups -OCH3 is 1. The highest BCUT2D eigenvalue weighted by Crippen LogP contribution is 2.34. The van der Waals surface area contributed by atoms with Gasteiger partial charge in [0.05, 0.1) is 36.1 Å². The average Bonchev–Trinajstić information content (AvgIpc) is 2.86. The SMILES string of the molecule is COCCn1cnc2c(sc3nccc(N(C)C)c32)c1=O. The minimum absolute atomic E-state index is 0.0373. The van der Waals surface area contributed by atoms with Crippen LogP contribution in [0.5, 0.6) is 0 Å². The van der Waals surface area contributed by atoms with E-state index in [2.05, 4.69) is 9.97 Å². The number of rotatable bonds is 4. The highest BCUT2D eigenvalue weighted by Gasteiger charge is 2.16. The van der Waals surface area contributed by atoms with Gasteiger partial charge < -0.3 is 9.64 Å². The first kappa shape index (κ1) is 14.0. The molecule has 0 aliphatic rings. The van der Waals surface area contributed by atoms with Crippen LogP contribution in [0, 0.1) is 0 Å². The van der Waals surface area contributed by atoms with Gasteiger partial charge in [-0.3, -0.25) is 9.36 Å². The molecule has 0 aliphatic carbocycles. The van der Waals surface area contributed by atoms with Gasteiger partial charge in [-0.25, -0.2) is 9.97 Å². The highest BCUT2D eigenvalue weighted by atomic mass is 32.1. The number of hydrogen-bond donors (Lipinski definition) is 0. The largest absolute Gasteiger partial charge is 0.383 e. The summed E-state index contributed by atoms with van der Waals surface area (Å²) in [6.45, 7) is 0.986. The van der Waals surface area contributed by atoms with Gasteiger partial charge in [0.15, 0.2) is 0 Å². The molecule has 0 saturated carbocycles. The zero-order valence-electron chi connectivity index (χ0n) is 12.2. The van der Waals surface area contributed by atoms with E-state index in [9.17, 15) is 4.79 Å². The number of ether oxygens (including phenoxy) is 1. The van der Waals surface area contributed by atoms with Crippen LogP contribution in [0.25, 0.3) is 20.4 Å².